The van der Waals surface area contributed by atoms with Crippen molar-refractivity contribution in [1.29, 1.82) is 0 Å². The van der Waals surface area contributed by atoms with Gasteiger partial charge in [-0.2, -0.15) is 0 Å². The molecule has 4 aliphatic carbocycles. The van der Waals surface area contributed by atoms with Crippen LogP contribution in [-0.4, -0.2) is 40.2 Å². The van der Waals surface area contributed by atoms with Crippen molar-refractivity contribution in [1.82, 2.24) is 0 Å². The molecule has 0 aromatic rings. The van der Waals surface area contributed by atoms with E-state index < -0.39 is 29.6 Å². The zero-order valence-electron chi connectivity index (χ0n) is 15.6. The first kappa shape index (κ1) is 18.3. The van der Waals surface area contributed by atoms with Crippen molar-refractivity contribution < 1.29 is 24.2 Å². The summed E-state index contributed by atoms with van der Waals surface area (Å²) in [6.45, 7) is 2.88. The summed E-state index contributed by atoms with van der Waals surface area (Å²) in [5, 5.41) is 22.2. The molecule has 0 spiro atoms. The van der Waals surface area contributed by atoms with E-state index in [-0.39, 0.29) is 35.4 Å². The Labute approximate surface area is 153 Å². The maximum absolute atomic E-state index is 13.2. The summed E-state index contributed by atoms with van der Waals surface area (Å²) in [7, 11) is 0. The lowest BCUT2D eigenvalue weighted by atomic mass is 9.45. The van der Waals surface area contributed by atoms with E-state index in [9.17, 15) is 24.2 Å². The molecule has 3 fully saturated rings. The molecule has 0 bridgehead atoms. The van der Waals surface area contributed by atoms with Gasteiger partial charge in [-0.25, -0.2) is 4.39 Å². The van der Waals surface area contributed by atoms with Crippen molar-refractivity contribution in [2.45, 2.75) is 70.5 Å². The quantitative estimate of drug-likeness (QED) is 0.790. The smallest absolute Gasteiger partial charge is 0.195 e. The van der Waals surface area contributed by atoms with Gasteiger partial charge in [0.2, 0.25) is 0 Å². The zero-order valence-corrected chi connectivity index (χ0v) is 15.6. The lowest BCUT2D eigenvalue weighted by Gasteiger charge is -2.60. The molecule has 3 saturated carbocycles. The molecule has 144 valence electrons. The summed E-state index contributed by atoms with van der Waals surface area (Å²) in [4.78, 5) is 24.1. The summed E-state index contributed by atoms with van der Waals surface area (Å²) < 4.78 is 13.2. The van der Waals surface area contributed by atoms with Gasteiger partial charge >= 0.3 is 0 Å². The fourth-order valence-corrected chi connectivity index (χ4v) is 7.26. The van der Waals surface area contributed by atoms with Crippen LogP contribution in [0, 0.1) is 28.6 Å². The Bertz CT molecular complexity index is 687. The summed E-state index contributed by atoms with van der Waals surface area (Å²) in [5.74, 6) is -0.224. The predicted molar refractivity (Wildman–Crippen MR) is 94.0 cm³/mol. The lowest BCUT2D eigenvalue weighted by Crippen LogP contribution is -2.61. The average Bonchev–Trinajstić information content (AvgIpc) is 2.86. The van der Waals surface area contributed by atoms with Crippen molar-refractivity contribution >= 4 is 11.6 Å². The van der Waals surface area contributed by atoms with Gasteiger partial charge in [-0.3, -0.25) is 9.59 Å². The molecule has 4 nitrogen and oxygen atoms in total. The fourth-order valence-electron chi connectivity index (χ4n) is 7.26. The van der Waals surface area contributed by atoms with Crippen molar-refractivity contribution in [3.63, 3.8) is 0 Å². The molecular formula is C21H29FO4. The molecule has 26 heavy (non-hydrogen) atoms. The molecule has 2 N–H and O–H groups in total. The molecule has 0 aromatic carbocycles. The normalized spacial score (nSPS) is 50.5. The first-order chi connectivity index (χ1) is 12.2. The molecule has 4 rings (SSSR count). The highest BCUT2D eigenvalue weighted by molar-refractivity contribution is 5.91. The average molecular weight is 364 g/mol. The second kappa shape index (κ2) is 5.71. The van der Waals surface area contributed by atoms with E-state index in [1.807, 2.05) is 6.92 Å². The van der Waals surface area contributed by atoms with Crippen LogP contribution < -0.4 is 0 Å². The van der Waals surface area contributed by atoms with Crippen LogP contribution in [0.1, 0.15) is 58.8 Å². The number of halogens is 1. The molecule has 7 atom stereocenters. The maximum Gasteiger partial charge on any atom is 0.195 e. The van der Waals surface area contributed by atoms with E-state index in [1.165, 1.54) is 0 Å². The topological polar surface area (TPSA) is 74.6 Å². The van der Waals surface area contributed by atoms with E-state index in [0.717, 1.165) is 24.8 Å². The van der Waals surface area contributed by atoms with E-state index in [2.05, 4.69) is 6.92 Å². The van der Waals surface area contributed by atoms with Crippen LogP contribution >= 0.6 is 0 Å². The molecular weight excluding hydrogens is 335 g/mol. The van der Waals surface area contributed by atoms with E-state index in [1.54, 1.807) is 6.08 Å². The largest absolute Gasteiger partial charge is 0.393 e. The second-order valence-electron chi connectivity index (χ2n) is 9.53. The van der Waals surface area contributed by atoms with Gasteiger partial charge in [-0.1, -0.05) is 19.4 Å². The van der Waals surface area contributed by atoms with E-state index >= 15 is 0 Å². The minimum Gasteiger partial charge on any atom is -0.393 e. The summed E-state index contributed by atoms with van der Waals surface area (Å²) in [6.07, 6.45) is 5.39. The van der Waals surface area contributed by atoms with Gasteiger partial charge in [-0.05, 0) is 67.8 Å². The van der Waals surface area contributed by atoms with Crippen LogP contribution in [0.2, 0.25) is 0 Å². The Morgan fingerprint density at radius 3 is 2.69 bits per heavy atom. The molecule has 0 amide bonds. The molecule has 0 aromatic heterocycles. The minimum atomic E-state index is -1.67. The Hall–Kier alpha value is -1.07. The number of carbonyl (C=O) groups is 2. The fraction of sp³-hybridized carbons (Fsp3) is 0.810. The number of fused-ring (bicyclic) bond motifs is 5. The van der Waals surface area contributed by atoms with Crippen LogP contribution in [0.5, 0.6) is 0 Å². The number of rotatable bonds is 2. The van der Waals surface area contributed by atoms with Crippen LogP contribution in [0.25, 0.3) is 0 Å². The summed E-state index contributed by atoms with van der Waals surface area (Å²) in [5.41, 5.74) is -1.48. The first-order valence-corrected chi connectivity index (χ1v) is 9.91. The van der Waals surface area contributed by atoms with Gasteiger partial charge in [0.1, 0.15) is 5.60 Å². The number of aliphatic hydroxyl groups is 2. The van der Waals surface area contributed by atoms with Crippen LogP contribution in [-0.2, 0) is 9.59 Å². The Kier molecular flexibility index (Phi) is 4.02. The third-order valence-corrected chi connectivity index (χ3v) is 8.63. The highest BCUT2D eigenvalue weighted by Gasteiger charge is 2.68. The lowest BCUT2D eigenvalue weighted by molar-refractivity contribution is -0.181. The van der Waals surface area contributed by atoms with Gasteiger partial charge in [-0.15, -0.1) is 0 Å². The third-order valence-electron chi connectivity index (χ3n) is 8.63. The number of hydrogen-bond acceptors (Lipinski definition) is 4. The number of Topliss-reactive ketones (excluding diaryl/α,β-unsaturated/α-hetero) is 1. The predicted octanol–water partition coefficient (Wildman–Crippen LogP) is 2.76. The van der Waals surface area contributed by atoms with Gasteiger partial charge in [0.05, 0.1) is 6.10 Å². The van der Waals surface area contributed by atoms with Gasteiger partial charge < -0.3 is 10.2 Å². The zero-order chi connectivity index (χ0) is 18.9. The van der Waals surface area contributed by atoms with Crippen molar-refractivity contribution in [3.05, 3.63) is 11.6 Å². The van der Waals surface area contributed by atoms with Crippen LogP contribution in [0.4, 0.5) is 4.39 Å². The van der Waals surface area contributed by atoms with Gasteiger partial charge in [0.15, 0.2) is 18.2 Å². The monoisotopic (exact) mass is 364 g/mol. The van der Waals surface area contributed by atoms with Gasteiger partial charge in [0, 0.05) is 11.8 Å². The number of alkyl halides is 1. The van der Waals surface area contributed by atoms with Crippen molar-refractivity contribution in [2.24, 2.45) is 28.6 Å². The number of hydrogen-bond donors (Lipinski definition) is 2. The summed E-state index contributed by atoms with van der Waals surface area (Å²) in [6, 6.07) is 0. The number of carbonyl (C=O) groups excluding carboxylic acids is 2. The number of aliphatic hydroxyl groups excluding tert-OH is 1. The molecule has 0 aliphatic heterocycles. The molecule has 0 saturated heterocycles. The van der Waals surface area contributed by atoms with E-state index in [4.69, 9.17) is 0 Å². The standard InChI is InChI=1S/C21H29FO4/c1-19-7-5-13(23)9-12(19)3-4-14-15-6-8-21(26,17(25)11-22)20(15,2)10-16(24)18(14)19/h9,14-16,18,24,26H,3-8,10-11H2,1-2H3/t14-,15-,16?,18+,19-,20-,21-/m0/s1. The van der Waals surface area contributed by atoms with Crippen LogP contribution in [0.15, 0.2) is 11.6 Å². The third kappa shape index (κ3) is 2.13. The van der Waals surface area contributed by atoms with E-state index in [0.29, 0.717) is 19.3 Å². The number of ketones is 2. The van der Waals surface area contributed by atoms with Crippen molar-refractivity contribution in [2.75, 3.05) is 6.67 Å². The SMILES string of the molecule is C[C@]12CCC(=O)C=C1CC[C@@H]1[C@@H]2C(O)C[C@@]2(C)[C@H]1CC[C@]2(O)C(=O)CF. The molecule has 1 unspecified atom stereocenters. The van der Waals surface area contributed by atoms with Crippen LogP contribution in [0.3, 0.4) is 0 Å². The molecule has 4 aliphatic rings. The summed E-state index contributed by atoms with van der Waals surface area (Å²) >= 11 is 0. The molecule has 5 heteroatoms. The molecule has 0 radical (unpaired) electrons. The second-order valence-corrected chi connectivity index (χ2v) is 9.53. The van der Waals surface area contributed by atoms with Crippen molar-refractivity contribution in [3.8, 4) is 0 Å². The Morgan fingerprint density at radius 2 is 2.00 bits per heavy atom. The Balaban J connectivity index is 1.74. The Morgan fingerprint density at radius 1 is 1.27 bits per heavy atom. The number of allylic oxidation sites excluding steroid dienone is 1. The highest BCUT2D eigenvalue weighted by Crippen LogP contribution is 2.67. The highest BCUT2D eigenvalue weighted by atomic mass is 19.1. The first-order valence-electron chi connectivity index (χ1n) is 9.91. The maximum atomic E-state index is 13.2. The van der Waals surface area contributed by atoms with Gasteiger partial charge in [0.25, 0.3) is 0 Å². The molecule has 0 heterocycles. The minimum absolute atomic E-state index is 0.0384.